The molecule has 0 fully saturated rings. The first-order chi connectivity index (χ1) is 7.54. The highest BCUT2D eigenvalue weighted by molar-refractivity contribution is 5.85. The Kier molecular flexibility index (Phi) is 6.34. The minimum Gasteiger partial charge on any atom is -0.504 e. The quantitative estimate of drug-likeness (QED) is 0.379. The fraction of sp³-hybridized carbons (Fsp3) is 0.300. The molecule has 1 aromatic rings. The number of aromatic hydroxyl groups is 2. The lowest BCUT2D eigenvalue weighted by molar-refractivity contribution is -0.139. The Balaban J connectivity index is 0.00000256. The molecule has 0 bridgehead atoms. The summed E-state index contributed by atoms with van der Waals surface area (Å²) < 4.78 is 0. The number of rotatable bonds is 5. The highest BCUT2D eigenvalue weighted by atomic mass is 35.5. The number of aliphatic carboxylic acids is 1. The maximum atomic E-state index is 10.8. The molecule has 5 N–H and O–H groups in total. The second kappa shape index (κ2) is 6.95. The first kappa shape index (κ1) is 15.5. The lowest BCUT2D eigenvalue weighted by Gasteiger charge is -2.12. The lowest BCUT2D eigenvalue weighted by Crippen LogP contribution is -2.38. The third-order valence-corrected chi connectivity index (χ3v) is 2.12. The van der Waals surface area contributed by atoms with Gasteiger partial charge in [0.2, 0.25) is 0 Å². The van der Waals surface area contributed by atoms with E-state index < -0.39 is 18.7 Å². The topological polar surface area (TPSA) is 110 Å². The van der Waals surface area contributed by atoms with Gasteiger partial charge in [-0.2, -0.15) is 0 Å². The molecule has 0 aliphatic heterocycles. The highest BCUT2D eigenvalue weighted by Crippen LogP contribution is 2.25. The number of carboxylic acid groups (broad SMARTS) is 1. The molecule has 1 aromatic carbocycles. The van der Waals surface area contributed by atoms with Crippen LogP contribution in [0, 0.1) is 0 Å². The van der Waals surface area contributed by atoms with E-state index in [0.29, 0.717) is 5.56 Å². The van der Waals surface area contributed by atoms with Crippen molar-refractivity contribution < 1.29 is 25.2 Å². The zero-order chi connectivity index (χ0) is 12.1. The normalized spacial score (nSPS) is 11.6. The minimum absolute atomic E-state index is 0. The van der Waals surface area contributed by atoms with Gasteiger partial charge in [-0.1, -0.05) is 6.07 Å². The number of benzene rings is 1. The molecule has 0 aromatic heterocycles. The summed E-state index contributed by atoms with van der Waals surface area (Å²) in [6, 6.07) is 3.13. The molecule has 1 atom stereocenters. The van der Waals surface area contributed by atoms with Crippen molar-refractivity contribution in [3.05, 3.63) is 23.8 Å². The summed E-state index contributed by atoms with van der Waals surface area (Å²) in [6.07, 6.45) is 0.101. The Morgan fingerprint density at radius 2 is 1.94 bits per heavy atom. The summed E-state index contributed by atoms with van der Waals surface area (Å²) in [4.78, 5) is 10.8. The monoisotopic (exact) mass is 263 g/mol. The molecule has 0 aliphatic rings. The predicted molar refractivity (Wildman–Crippen MR) is 62.4 cm³/mol. The van der Waals surface area contributed by atoms with Crippen LogP contribution in [0.4, 0.5) is 0 Å². The van der Waals surface area contributed by atoms with Gasteiger partial charge in [0.25, 0.3) is 0 Å². The van der Waals surface area contributed by atoms with Crippen molar-refractivity contribution in [1.82, 2.24) is 5.32 Å². The van der Waals surface area contributed by atoms with E-state index in [-0.39, 0.29) is 30.3 Å². The van der Waals surface area contributed by atoms with E-state index >= 15 is 0 Å². The number of halogens is 1. The number of carbonyl (C=O) groups is 1. The van der Waals surface area contributed by atoms with Gasteiger partial charge in [0.15, 0.2) is 11.5 Å². The number of nitrogens with one attached hydrogen (secondary N) is 1. The van der Waals surface area contributed by atoms with Crippen LogP contribution < -0.4 is 5.32 Å². The summed E-state index contributed by atoms with van der Waals surface area (Å²) in [5, 5.41) is 38.1. The van der Waals surface area contributed by atoms with Gasteiger partial charge < -0.3 is 20.4 Å². The van der Waals surface area contributed by atoms with Gasteiger partial charge in [-0.05, 0) is 24.1 Å². The Labute approximate surface area is 104 Å². The van der Waals surface area contributed by atoms with E-state index in [1.54, 1.807) is 0 Å². The number of aliphatic hydroxyl groups excluding tert-OH is 1. The number of phenolic OH excluding ortho intramolecular Hbond substituents is 2. The van der Waals surface area contributed by atoms with E-state index in [4.69, 9.17) is 15.3 Å². The van der Waals surface area contributed by atoms with Crippen LogP contribution in [-0.2, 0) is 11.2 Å². The average Bonchev–Trinajstić information content (AvgIpc) is 2.22. The van der Waals surface area contributed by atoms with Crippen molar-refractivity contribution in [3.8, 4) is 11.5 Å². The van der Waals surface area contributed by atoms with Crippen LogP contribution in [0.5, 0.6) is 11.5 Å². The second-order valence-corrected chi connectivity index (χ2v) is 3.28. The number of phenols is 2. The van der Waals surface area contributed by atoms with E-state index in [9.17, 15) is 9.90 Å². The summed E-state index contributed by atoms with van der Waals surface area (Å²) in [7, 11) is 0. The summed E-state index contributed by atoms with van der Waals surface area (Å²) in [6.45, 7) is -0.443. The van der Waals surface area contributed by atoms with Gasteiger partial charge in [0.1, 0.15) is 6.04 Å². The standard InChI is InChI=1S/C10H13NO5.ClH/c12-5-11-7(10(15)16)3-6-1-2-8(13)9(14)4-6;/h1-2,4,7,11-14H,3,5H2,(H,15,16);1H. The third kappa shape index (κ3) is 4.48. The second-order valence-electron chi connectivity index (χ2n) is 3.28. The van der Waals surface area contributed by atoms with Crippen LogP contribution in [0.15, 0.2) is 18.2 Å². The molecule has 0 amide bonds. The Hall–Kier alpha value is -1.50. The molecular formula is C10H14ClNO5. The predicted octanol–water partition coefficient (Wildman–Crippen LogP) is 0.0547. The van der Waals surface area contributed by atoms with Crippen molar-refractivity contribution in [3.63, 3.8) is 0 Å². The molecule has 17 heavy (non-hydrogen) atoms. The van der Waals surface area contributed by atoms with Crippen molar-refractivity contribution in [2.45, 2.75) is 12.5 Å². The van der Waals surface area contributed by atoms with Crippen LogP contribution >= 0.6 is 12.4 Å². The Morgan fingerprint density at radius 1 is 1.29 bits per heavy atom. The molecule has 6 nitrogen and oxygen atoms in total. The minimum atomic E-state index is -1.10. The van der Waals surface area contributed by atoms with Gasteiger partial charge in [-0.3, -0.25) is 10.1 Å². The zero-order valence-electron chi connectivity index (χ0n) is 8.83. The van der Waals surface area contributed by atoms with E-state index in [0.717, 1.165) is 0 Å². The highest BCUT2D eigenvalue weighted by Gasteiger charge is 2.17. The van der Waals surface area contributed by atoms with Crippen LogP contribution in [0.1, 0.15) is 5.56 Å². The Morgan fingerprint density at radius 3 is 2.41 bits per heavy atom. The molecule has 0 saturated carbocycles. The first-order valence-corrected chi connectivity index (χ1v) is 4.62. The van der Waals surface area contributed by atoms with Crippen LogP contribution in [0.2, 0.25) is 0 Å². The molecule has 0 heterocycles. The maximum Gasteiger partial charge on any atom is 0.321 e. The first-order valence-electron chi connectivity index (χ1n) is 4.62. The zero-order valence-corrected chi connectivity index (χ0v) is 9.65. The SMILES string of the molecule is Cl.O=C(O)C(Cc1ccc(O)c(O)c1)NCO. The molecule has 0 aliphatic carbocycles. The van der Waals surface area contributed by atoms with Gasteiger partial charge in [-0.25, -0.2) is 0 Å². The Bertz CT molecular complexity index is 385. The average molecular weight is 264 g/mol. The molecule has 0 saturated heterocycles. The van der Waals surface area contributed by atoms with Crippen molar-refractivity contribution >= 4 is 18.4 Å². The molecular weight excluding hydrogens is 250 g/mol. The van der Waals surface area contributed by atoms with Gasteiger partial charge >= 0.3 is 5.97 Å². The number of hydrogen-bond donors (Lipinski definition) is 5. The fourth-order valence-electron chi connectivity index (χ4n) is 1.29. The van der Waals surface area contributed by atoms with Crippen molar-refractivity contribution in [2.75, 3.05) is 6.73 Å². The molecule has 0 radical (unpaired) electrons. The molecule has 0 spiro atoms. The van der Waals surface area contributed by atoms with Gasteiger partial charge in [0, 0.05) is 0 Å². The largest absolute Gasteiger partial charge is 0.504 e. The number of carboxylic acids is 1. The smallest absolute Gasteiger partial charge is 0.321 e. The number of hydrogen-bond acceptors (Lipinski definition) is 5. The summed E-state index contributed by atoms with van der Waals surface area (Å²) in [5.41, 5.74) is 0.545. The van der Waals surface area contributed by atoms with Gasteiger partial charge in [0.05, 0.1) is 6.73 Å². The van der Waals surface area contributed by atoms with Crippen LogP contribution in [0.25, 0.3) is 0 Å². The fourth-order valence-corrected chi connectivity index (χ4v) is 1.29. The van der Waals surface area contributed by atoms with Crippen LogP contribution in [0.3, 0.4) is 0 Å². The lowest BCUT2D eigenvalue weighted by atomic mass is 10.1. The van der Waals surface area contributed by atoms with Crippen LogP contribution in [-0.4, -0.2) is 39.2 Å². The van der Waals surface area contributed by atoms with Crippen molar-refractivity contribution in [2.24, 2.45) is 0 Å². The maximum absolute atomic E-state index is 10.8. The molecule has 96 valence electrons. The molecule has 1 rings (SSSR count). The van der Waals surface area contributed by atoms with E-state index in [1.807, 2.05) is 0 Å². The third-order valence-electron chi connectivity index (χ3n) is 2.12. The summed E-state index contributed by atoms with van der Waals surface area (Å²) in [5.74, 6) is -1.65. The molecule has 1 unspecified atom stereocenters. The van der Waals surface area contributed by atoms with E-state index in [1.165, 1.54) is 18.2 Å². The van der Waals surface area contributed by atoms with Gasteiger partial charge in [-0.15, -0.1) is 12.4 Å². The van der Waals surface area contributed by atoms with Crippen molar-refractivity contribution in [1.29, 1.82) is 0 Å². The molecule has 7 heteroatoms. The van der Waals surface area contributed by atoms with E-state index in [2.05, 4.69) is 5.32 Å². The summed E-state index contributed by atoms with van der Waals surface area (Å²) >= 11 is 0. The number of aliphatic hydroxyl groups is 1.